The second-order valence-corrected chi connectivity index (χ2v) is 5.60. The third-order valence-electron chi connectivity index (χ3n) is 3.12. The van der Waals surface area contributed by atoms with Gasteiger partial charge >= 0.3 is 0 Å². The van der Waals surface area contributed by atoms with Crippen LogP contribution in [0, 0.1) is 0 Å². The van der Waals surface area contributed by atoms with Crippen molar-refractivity contribution in [3.8, 4) is 11.5 Å². The van der Waals surface area contributed by atoms with Crippen LogP contribution in [0.2, 0.25) is 0 Å². The number of halogens is 1. The molecule has 3 aromatic rings. The van der Waals surface area contributed by atoms with Gasteiger partial charge in [-0.3, -0.25) is 4.79 Å². The van der Waals surface area contributed by atoms with E-state index in [-0.39, 0.29) is 11.6 Å². The van der Waals surface area contributed by atoms with E-state index in [0.717, 1.165) is 16.5 Å². The maximum atomic E-state index is 12.0. The van der Waals surface area contributed by atoms with Crippen molar-refractivity contribution in [2.24, 2.45) is 0 Å². The Balaban J connectivity index is 1.55. The van der Waals surface area contributed by atoms with E-state index in [1.165, 1.54) is 6.26 Å². The SMILES string of the molecule is O=C(NCCc1ccc(Br)cc1)c1cc(-c2ccco2)on1. The van der Waals surface area contributed by atoms with Gasteiger partial charge in [0.05, 0.1) is 6.26 Å². The van der Waals surface area contributed by atoms with Crippen LogP contribution in [0.4, 0.5) is 0 Å². The van der Waals surface area contributed by atoms with Crippen LogP contribution >= 0.6 is 15.9 Å². The van der Waals surface area contributed by atoms with Crippen molar-refractivity contribution in [2.75, 3.05) is 6.54 Å². The fourth-order valence-corrected chi connectivity index (χ4v) is 2.24. The molecule has 0 aliphatic rings. The predicted octanol–water partition coefficient (Wildman–Crippen LogP) is 3.67. The first-order chi connectivity index (χ1) is 10.7. The largest absolute Gasteiger partial charge is 0.461 e. The summed E-state index contributed by atoms with van der Waals surface area (Å²) < 4.78 is 11.3. The molecule has 5 nitrogen and oxygen atoms in total. The fraction of sp³-hybridized carbons (Fsp3) is 0.125. The molecule has 0 spiro atoms. The molecule has 0 bridgehead atoms. The Hall–Kier alpha value is -2.34. The summed E-state index contributed by atoms with van der Waals surface area (Å²) in [7, 11) is 0. The van der Waals surface area contributed by atoms with Crippen LogP contribution in [-0.4, -0.2) is 17.6 Å². The van der Waals surface area contributed by atoms with E-state index >= 15 is 0 Å². The van der Waals surface area contributed by atoms with Gasteiger partial charge in [-0.25, -0.2) is 0 Å². The highest BCUT2D eigenvalue weighted by Gasteiger charge is 2.14. The molecule has 2 aromatic heterocycles. The van der Waals surface area contributed by atoms with E-state index < -0.39 is 0 Å². The molecule has 6 heteroatoms. The molecule has 0 saturated carbocycles. The topological polar surface area (TPSA) is 68.3 Å². The Morgan fingerprint density at radius 1 is 1.18 bits per heavy atom. The number of aromatic nitrogens is 1. The van der Waals surface area contributed by atoms with Gasteiger partial charge in [-0.05, 0) is 36.2 Å². The second kappa shape index (κ2) is 6.62. The average molecular weight is 361 g/mol. The van der Waals surface area contributed by atoms with Crippen LogP contribution < -0.4 is 5.32 Å². The number of benzene rings is 1. The normalized spacial score (nSPS) is 10.6. The molecular formula is C16H13BrN2O3. The number of nitrogens with one attached hydrogen (secondary N) is 1. The van der Waals surface area contributed by atoms with Crippen LogP contribution in [0.25, 0.3) is 11.5 Å². The van der Waals surface area contributed by atoms with Crippen LogP contribution in [0.15, 0.2) is 62.1 Å². The summed E-state index contributed by atoms with van der Waals surface area (Å²) in [6, 6.07) is 13.0. The Morgan fingerprint density at radius 3 is 2.73 bits per heavy atom. The number of amides is 1. The zero-order valence-corrected chi connectivity index (χ0v) is 13.2. The Morgan fingerprint density at radius 2 is 2.00 bits per heavy atom. The third-order valence-corrected chi connectivity index (χ3v) is 3.65. The summed E-state index contributed by atoms with van der Waals surface area (Å²) in [5.74, 6) is 0.711. The highest BCUT2D eigenvalue weighted by atomic mass is 79.9. The number of hydrogen-bond acceptors (Lipinski definition) is 4. The molecule has 0 radical (unpaired) electrons. The zero-order chi connectivity index (χ0) is 15.4. The molecule has 2 heterocycles. The first-order valence-electron chi connectivity index (χ1n) is 6.75. The van der Waals surface area contributed by atoms with E-state index in [0.29, 0.717) is 18.1 Å². The minimum absolute atomic E-state index is 0.238. The predicted molar refractivity (Wildman–Crippen MR) is 84.4 cm³/mol. The first-order valence-corrected chi connectivity index (χ1v) is 7.55. The smallest absolute Gasteiger partial charge is 0.273 e. The summed E-state index contributed by atoms with van der Waals surface area (Å²) in [5, 5.41) is 6.57. The highest BCUT2D eigenvalue weighted by Crippen LogP contribution is 2.20. The van der Waals surface area contributed by atoms with Gasteiger partial charge in [-0.2, -0.15) is 0 Å². The lowest BCUT2D eigenvalue weighted by Crippen LogP contribution is -2.25. The minimum Gasteiger partial charge on any atom is -0.461 e. The van der Waals surface area contributed by atoms with E-state index in [9.17, 15) is 4.79 Å². The molecule has 1 N–H and O–H groups in total. The summed E-state index contributed by atoms with van der Waals surface area (Å²) >= 11 is 3.39. The lowest BCUT2D eigenvalue weighted by atomic mass is 10.1. The van der Waals surface area contributed by atoms with Gasteiger partial charge in [-0.15, -0.1) is 0 Å². The monoisotopic (exact) mass is 360 g/mol. The van der Waals surface area contributed by atoms with E-state index in [4.69, 9.17) is 8.94 Å². The quantitative estimate of drug-likeness (QED) is 0.753. The van der Waals surface area contributed by atoms with E-state index in [1.807, 2.05) is 24.3 Å². The van der Waals surface area contributed by atoms with Crippen molar-refractivity contribution >= 4 is 21.8 Å². The molecule has 0 aliphatic carbocycles. The lowest BCUT2D eigenvalue weighted by molar-refractivity contribution is 0.0945. The minimum atomic E-state index is -0.265. The van der Waals surface area contributed by atoms with Gasteiger partial charge in [-0.1, -0.05) is 33.2 Å². The van der Waals surface area contributed by atoms with Crippen LogP contribution in [-0.2, 0) is 6.42 Å². The number of carbonyl (C=O) groups excluding carboxylic acids is 1. The van der Waals surface area contributed by atoms with Crippen molar-refractivity contribution < 1.29 is 13.7 Å². The molecule has 112 valence electrons. The Bertz CT molecular complexity index is 748. The number of nitrogens with zero attached hydrogens (tertiary/aromatic N) is 1. The van der Waals surface area contributed by atoms with Crippen molar-refractivity contribution in [1.29, 1.82) is 0 Å². The molecule has 0 atom stereocenters. The maximum absolute atomic E-state index is 12.0. The number of rotatable bonds is 5. The fourth-order valence-electron chi connectivity index (χ4n) is 1.98. The molecule has 1 amide bonds. The van der Waals surface area contributed by atoms with E-state index in [2.05, 4.69) is 26.4 Å². The molecule has 1 aromatic carbocycles. The van der Waals surface area contributed by atoms with E-state index in [1.54, 1.807) is 18.2 Å². The van der Waals surface area contributed by atoms with Crippen LogP contribution in [0.3, 0.4) is 0 Å². The average Bonchev–Trinajstić information content (AvgIpc) is 3.20. The van der Waals surface area contributed by atoms with Gasteiger partial charge in [0, 0.05) is 17.1 Å². The number of carbonyl (C=O) groups is 1. The standard InChI is InChI=1S/C16H13BrN2O3/c17-12-5-3-11(4-6-12)7-8-18-16(20)13-10-15(22-19-13)14-2-1-9-21-14/h1-6,9-10H,7-8H2,(H,18,20). The third kappa shape index (κ3) is 3.46. The molecule has 0 fully saturated rings. The lowest BCUT2D eigenvalue weighted by Gasteiger charge is -2.03. The molecule has 0 saturated heterocycles. The van der Waals surface area contributed by atoms with Crippen molar-refractivity contribution in [3.05, 3.63) is 64.5 Å². The molecule has 3 rings (SSSR count). The molecule has 0 aliphatic heterocycles. The van der Waals surface area contributed by atoms with Crippen molar-refractivity contribution in [1.82, 2.24) is 10.5 Å². The summed E-state index contributed by atoms with van der Waals surface area (Å²) in [6.07, 6.45) is 2.29. The Labute approximate surface area is 135 Å². The van der Waals surface area contributed by atoms with Gasteiger partial charge in [0.15, 0.2) is 11.5 Å². The molecule has 22 heavy (non-hydrogen) atoms. The first kappa shape index (κ1) is 14.6. The zero-order valence-electron chi connectivity index (χ0n) is 11.6. The van der Waals surface area contributed by atoms with Crippen LogP contribution in [0.5, 0.6) is 0 Å². The van der Waals surface area contributed by atoms with Crippen molar-refractivity contribution in [2.45, 2.75) is 6.42 Å². The number of furan rings is 1. The number of hydrogen-bond donors (Lipinski definition) is 1. The van der Waals surface area contributed by atoms with Crippen LogP contribution in [0.1, 0.15) is 16.1 Å². The summed E-state index contributed by atoms with van der Waals surface area (Å²) in [4.78, 5) is 12.0. The molecular weight excluding hydrogens is 348 g/mol. The summed E-state index contributed by atoms with van der Waals surface area (Å²) in [5.41, 5.74) is 1.39. The molecule has 0 unspecified atom stereocenters. The van der Waals surface area contributed by atoms with Gasteiger partial charge in [0.2, 0.25) is 5.76 Å². The Kier molecular flexibility index (Phi) is 4.39. The maximum Gasteiger partial charge on any atom is 0.273 e. The highest BCUT2D eigenvalue weighted by molar-refractivity contribution is 9.10. The van der Waals surface area contributed by atoms with Crippen molar-refractivity contribution in [3.63, 3.8) is 0 Å². The van der Waals surface area contributed by atoms with Gasteiger partial charge in [0.25, 0.3) is 5.91 Å². The summed E-state index contributed by atoms with van der Waals surface area (Å²) in [6.45, 7) is 0.531. The van der Waals surface area contributed by atoms with Gasteiger partial charge in [0.1, 0.15) is 0 Å². The van der Waals surface area contributed by atoms with Gasteiger partial charge < -0.3 is 14.3 Å². The second-order valence-electron chi connectivity index (χ2n) is 4.69.